The molecule has 0 atom stereocenters. The van der Waals surface area contributed by atoms with Gasteiger partial charge in [-0.15, -0.1) is 0 Å². The molecule has 0 saturated carbocycles. The molecular formula is C15H14N2O3. The smallest absolute Gasteiger partial charge is 0.303 e. The second kappa shape index (κ2) is 4.92. The SMILES string of the molecule is O=C(O)CC1CN(C(=O)c2ccnc3ccccc23)C1. The van der Waals surface area contributed by atoms with Gasteiger partial charge in [-0.2, -0.15) is 0 Å². The number of carbonyl (C=O) groups excluding carboxylic acids is 1. The fraction of sp³-hybridized carbons (Fsp3) is 0.267. The lowest BCUT2D eigenvalue weighted by Gasteiger charge is -2.38. The zero-order valence-corrected chi connectivity index (χ0v) is 10.8. The van der Waals surface area contributed by atoms with Crippen LogP contribution in [0.15, 0.2) is 36.5 Å². The number of carboxylic acids is 1. The van der Waals surface area contributed by atoms with Gasteiger partial charge >= 0.3 is 5.97 Å². The normalized spacial score (nSPS) is 15.1. The van der Waals surface area contributed by atoms with E-state index in [1.165, 1.54) is 0 Å². The van der Waals surface area contributed by atoms with E-state index in [0.29, 0.717) is 18.7 Å². The molecule has 20 heavy (non-hydrogen) atoms. The van der Waals surface area contributed by atoms with Crippen molar-refractivity contribution in [1.29, 1.82) is 0 Å². The van der Waals surface area contributed by atoms with Crippen molar-refractivity contribution in [2.75, 3.05) is 13.1 Å². The molecule has 0 aliphatic carbocycles. The van der Waals surface area contributed by atoms with Crippen LogP contribution in [0.3, 0.4) is 0 Å². The third-order valence-corrected chi connectivity index (χ3v) is 3.59. The molecular weight excluding hydrogens is 256 g/mol. The lowest BCUT2D eigenvalue weighted by atomic mass is 9.95. The maximum absolute atomic E-state index is 12.4. The van der Waals surface area contributed by atoms with Gasteiger partial charge in [0.2, 0.25) is 0 Å². The molecule has 1 fully saturated rings. The van der Waals surface area contributed by atoms with Gasteiger partial charge in [-0.3, -0.25) is 14.6 Å². The van der Waals surface area contributed by atoms with Crippen LogP contribution < -0.4 is 0 Å². The van der Waals surface area contributed by atoms with Crippen molar-refractivity contribution in [3.05, 3.63) is 42.1 Å². The molecule has 1 aromatic heterocycles. The highest BCUT2D eigenvalue weighted by Gasteiger charge is 2.33. The number of fused-ring (bicyclic) bond motifs is 1. The summed E-state index contributed by atoms with van der Waals surface area (Å²) in [6, 6.07) is 9.23. The van der Waals surface area contributed by atoms with Crippen molar-refractivity contribution in [2.24, 2.45) is 5.92 Å². The molecule has 102 valence electrons. The number of pyridine rings is 1. The largest absolute Gasteiger partial charge is 0.481 e. The Morgan fingerprint density at radius 3 is 2.75 bits per heavy atom. The van der Waals surface area contributed by atoms with Crippen molar-refractivity contribution in [2.45, 2.75) is 6.42 Å². The van der Waals surface area contributed by atoms with Gasteiger partial charge in [0.1, 0.15) is 0 Å². The molecule has 0 unspecified atom stereocenters. The Morgan fingerprint density at radius 1 is 1.25 bits per heavy atom. The minimum atomic E-state index is -0.809. The second-order valence-corrected chi connectivity index (χ2v) is 5.05. The van der Waals surface area contributed by atoms with E-state index >= 15 is 0 Å². The van der Waals surface area contributed by atoms with Gasteiger partial charge in [0.25, 0.3) is 5.91 Å². The Labute approximate surface area is 115 Å². The van der Waals surface area contributed by atoms with Crippen LogP contribution >= 0.6 is 0 Å². The summed E-state index contributed by atoms with van der Waals surface area (Å²) in [6.07, 6.45) is 1.75. The van der Waals surface area contributed by atoms with Crippen LogP contribution in [0.5, 0.6) is 0 Å². The average molecular weight is 270 g/mol. The van der Waals surface area contributed by atoms with Gasteiger partial charge in [0.05, 0.1) is 17.5 Å². The molecule has 2 aromatic rings. The van der Waals surface area contributed by atoms with Crippen LogP contribution in [-0.2, 0) is 4.79 Å². The summed E-state index contributed by atoms with van der Waals surface area (Å²) in [5, 5.41) is 9.56. The predicted octanol–water partition coefficient (Wildman–Crippen LogP) is 1.78. The number of carbonyl (C=O) groups is 2. The van der Waals surface area contributed by atoms with E-state index in [2.05, 4.69) is 4.98 Å². The maximum Gasteiger partial charge on any atom is 0.303 e. The highest BCUT2D eigenvalue weighted by atomic mass is 16.4. The lowest BCUT2D eigenvalue weighted by Crippen LogP contribution is -2.50. The number of hydrogen-bond acceptors (Lipinski definition) is 3. The summed E-state index contributed by atoms with van der Waals surface area (Å²) < 4.78 is 0. The van der Waals surface area contributed by atoms with E-state index in [-0.39, 0.29) is 18.2 Å². The van der Waals surface area contributed by atoms with Gasteiger partial charge < -0.3 is 10.0 Å². The predicted molar refractivity (Wildman–Crippen MR) is 73.4 cm³/mol. The van der Waals surface area contributed by atoms with Crippen molar-refractivity contribution in [3.63, 3.8) is 0 Å². The zero-order chi connectivity index (χ0) is 14.1. The Kier molecular flexibility index (Phi) is 3.10. The van der Waals surface area contributed by atoms with Crippen LogP contribution in [0.1, 0.15) is 16.8 Å². The first-order valence-corrected chi connectivity index (χ1v) is 6.50. The van der Waals surface area contributed by atoms with Crippen molar-refractivity contribution in [1.82, 2.24) is 9.88 Å². The van der Waals surface area contributed by atoms with Gasteiger partial charge in [0.15, 0.2) is 0 Å². The number of para-hydroxylation sites is 1. The van der Waals surface area contributed by atoms with E-state index < -0.39 is 5.97 Å². The molecule has 1 N–H and O–H groups in total. The minimum Gasteiger partial charge on any atom is -0.481 e. The zero-order valence-electron chi connectivity index (χ0n) is 10.8. The molecule has 2 heterocycles. The molecule has 0 radical (unpaired) electrons. The molecule has 0 bridgehead atoms. The summed E-state index contributed by atoms with van der Waals surface area (Å²) >= 11 is 0. The van der Waals surface area contributed by atoms with Crippen LogP contribution in [0.25, 0.3) is 10.9 Å². The summed E-state index contributed by atoms with van der Waals surface area (Å²) in [5.41, 5.74) is 1.42. The summed E-state index contributed by atoms with van der Waals surface area (Å²) in [5.74, 6) is -0.786. The molecule has 5 heteroatoms. The molecule has 1 aliphatic heterocycles. The summed E-state index contributed by atoms with van der Waals surface area (Å²) in [7, 11) is 0. The van der Waals surface area contributed by atoms with Crippen molar-refractivity contribution < 1.29 is 14.7 Å². The lowest BCUT2D eigenvalue weighted by molar-refractivity contribution is -0.139. The van der Waals surface area contributed by atoms with E-state index in [1.54, 1.807) is 17.2 Å². The Bertz CT molecular complexity index is 672. The van der Waals surface area contributed by atoms with Crippen molar-refractivity contribution >= 4 is 22.8 Å². The molecule has 1 aromatic carbocycles. The standard InChI is InChI=1S/C15H14N2O3/c18-14(19)7-10-8-17(9-10)15(20)12-5-6-16-13-4-2-1-3-11(12)13/h1-6,10H,7-9H2,(H,18,19). The Hall–Kier alpha value is -2.43. The molecule has 0 spiro atoms. The first-order chi connectivity index (χ1) is 9.65. The van der Waals surface area contributed by atoms with E-state index in [1.807, 2.05) is 24.3 Å². The number of rotatable bonds is 3. The summed E-state index contributed by atoms with van der Waals surface area (Å²) in [6.45, 7) is 1.03. The van der Waals surface area contributed by atoms with E-state index in [4.69, 9.17) is 5.11 Å². The third-order valence-electron chi connectivity index (χ3n) is 3.59. The maximum atomic E-state index is 12.4. The van der Waals surface area contributed by atoms with Gasteiger partial charge in [-0.05, 0) is 12.1 Å². The number of benzene rings is 1. The number of aromatic nitrogens is 1. The van der Waals surface area contributed by atoms with Gasteiger partial charge in [-0.1, -0.05) is 18.2 Å². The number of likely N-dealkylation sites (tertiary alicyclic amines) is 1. The third kappa shape index (κ3) is 2.22. The highest BCUT2D eigenvalue weighted by Crippen LogP contribution is 2.24. The minimum absolute atomic E-state index is 0.0507. The number of aliphatic carboxylic acids is 1. The second-order valence-electron chi connectivity index (χ2n) is 5.05. The number of hydrogen-bond donors (Lipinski definition) is 1. The fourth-order valence-corrected chi connectivity index (χ4v) is 2.56. The van der Waals surface area contributed by atoms with Crippen molar-refractivity contribution in [3.8, 4) is 0 Å². The fourth-order valence-electron chi connectivity index (χ4n) is 2.56. The number of nitrogens with zero attached hydrogens (tertiary/aromatic N) is 2. The molecule has 1 saturated heterocycles. The molecule has 3 rings (SSSR count). The topological polar surface area (TPSA) is 70.5 Å². The first kappa shape index (κ1) is 12.6. The van der Waals surface area contributed by atoms with Crippen LogP contribution in [0.4, 0.5) is 0 Å². The quantitative estimate of drug-likeness (QED) is 0.923. The Balaban J connectivity index is 1.79. The first-order valence-electron chi connectivity index (χ1n) is 6.50. The average Bonchev–Trinajstić information content (AvgIpc) is 2.41. The molecule has 1 amide bonds. The van der Waals surface area contributed by atoms with E-state index in [0.717, 1.165) is 10.9 Å². The van der Waals surface area contributed by atoms with Gasteiger partial charge in [-0.25, -0.2) is 0 Å². The monoisotopic (exact) mass is 270 g/mol. The van der Waals surface area contributed by atoms with Crippen LogP contribution in [0.2, 0.25) is 0 Å². The van der Waals surface area contributed by atoms with Crippen LogP contribution in [-0.4, -0.2) is 40.0 Å². The summed E-state index contributed by atoms with van der Waals surface area (Å²) in [4.78, 5) is 29.0. The highest BCUT2D eigenvalue weighted by molar-refractivity contribution is 6.06. The molecule has 1 aliphatic rings. The van der Waals surface area contributed by atoms with Crippen LogP contribution in [0, 0.1) is 5.92 Å². The Morgan fingerprint density at radius 2 is 2.00 bits per heavy atom. The number of amides is 1. The molecule has 5 nitrogen and oxygen atoms in total. The van der Waals surface area contributed by atoms with E-state index in [9.17, 15) is 9.59 Å². The van der Waals surface area contributed by atoms with Gasteiger partial charge in [0, 0.05) is 30.6 Å². The number of carboxylic acid groups (broad SMARTS) is 1.